The second-order valence-corrected chi connectivity index (χ2v) is 6.43. The minimum Gasteiger partial charge on any atom is -0.461 e. The molecular weight excluding hydrogens is 371 g/mol. The third-order valence-electron chi connectivity index (χ3n) is 4.53. The average Bonchev–Trinajstić information content (AvgIpc) is 2.68. The van der Waals surface area contributed by atoms with Gasteiger partial charge < -0.3 is 9.64 Å². The summed E-state index contributed by atoms with van der Waals surface area (Å²) in [4.78, 5) is 18.2. The summed E-state index contributed by atoms with van der Waals surface area (Å²) in [5, 5.41) is 9.64. The van der Waals surface area contributed by atoms with Gasteiger partial charge >= 0.3 is 5.97 Å². The number of nitrogens with zero attached hydrogens (tertiary/aromatic N) is 3. The van der Waals surface area contributed by atoms with Crippen LogP contribution in [0.15, 0.2) is 30.3 Å². The highest BCUT2D eigenvalue weighted by Gasteiger charge is 2.36. The van der Waals surface area contributed by atoms with Crippen LogP contribution < -0.4 is 4.90 Å². The first kappa shape index (κ1) is 19.7. The Morgan fingerprint density at radius 2 is 1.93 bits per heavy atom. The van der Waals surface area contributed by atoms with Gasteiger partial charge in [0.2, 0.25) is 0 Å². The molecule has 1 aromatic carbocycles. The van der Waals surface area contributed by atoms with Gasteiger partial charge in [-0.15, -0.1) is 0 Å². The van der Waals surface area contributed by atoms with Crippen LogP contribution in [-0.2, 0) is 4.74 Å². The number of benzene rings is 1. The summed E-state index contributed by atoms with van der Waals surface area (Å²) in [6, 6.07) is 8.72. The number of rotatable bonds is 4. The Bertz CT molecular complexity index is 914. The van der Waals surface area contributed by atoms with Gasteiger partial charge in [-0.2, -0.15) is 5.26 Å². The van der Waals surface area contributed by atoms with Gasteiger partial charge in [-0.05, 0) is 37.3 Å². The van der Waals surface area contributed by atoms with E-state index in [2.05, 4.69) is 4.98 Å². The monoisotopic (exact) mass is 389 g/mol. The maximum Gasteiger partial charge on any atom is 0.356 e. The van der Waals surface area contributed by atoms with E-state index in [4.69, 9.17) is 4.74 Å². The van der Waals surface area contributed by atoms with Crippen molar-refractivity contribution < 1.29 is 22.7 Å². The van der Waals surface area contributed by atoms with Crippen molar-refractivity contribution in [2.75, 3.05) is 24.6 Å². The molecule has 1 saturated heterocycles. The normalized spacial score (nSPS) is 15.8. The molecule has 0 amide bonds. The van der Waals surface area contributed by atoms with Gasteiger partial charge in [0.25, 0.3) is 5.92 Å². The fourth-order valence-corrected chi connectivity index (χ4v) is 3.12. The molecule has 28 heavy (non-hydrogen) atoms. The quantitative estimate of drug-likeness (QED) is 0.735. The predicted octanol–water partition coefficient (Wildman–Crippen LogP) is 4.17. The number of piperidine rings is 1. The van der Waals surface area contributed by atoms with E-state index in [9.17, 15) is 23.2 Å². The predicted molar refractivity (Wildman–Crippen MR) is 96.7 cm³/mol. The lowest BCUT2D eigenvalue weighted by atomic mass is 10.0. The molecule has 2 heterocycles. The van der Waals surface area contributed by atoms with Crippen LogP contribution in [0.3, 0.4) is 0 Å². The number of anilines is 1. The number of hydrogen-bond acceptors (Lipinski definition) is 5. The Morgan fingerprint density at radius 3 is 2.50 bits per heavy atom. The van der Waals surface area contributed by atoms with Crippen molar-refractivity contribution in [3.63, 3.8) is 0 Å². The van der Waals surface area contributed by atoms with Crippen molar-refractivity contribution in [2.45, 2.75) is 25.7 Å². The fraction of sp³-hybridized carbons (Fsp3) is 0.350. The summed E-state index contributed by atoms with van der Waals surface area (Å²) in [6.07, 6.45) is -0.694. The van der Waals surface area contributed by atoms with E-state index in [0.29, 0.717) is 11.3 Å². The molecule has 0 bridgehead atoms. The molecule has 146 valence electrons. The molecule has 0 spiro atoms. The summed E-state index contributed by atoms with van der Waals surface area (Å²) in [5.41, 5.74) is 1.15. The molecule has 1 aromatic heterocycles. The van der Waals surface area contributed by atoms with Crippen LogP contribution in [0.2, 0.25) is 0 Å². The number of alkyl halides is 2. The molecule has 0 saturated carbocycles. The zero-order valence-corrected chi connectivity index (χ0v) is 15.2. The third kappa shape index (κ3) is 4.09. The summed E-state index contributed by atoms with van der Waals surface area (Å²) >= 11 is 0. The molecule has 2 aromatic rings. The molecule has 0 aliphatic carbocycles. The van der Waals surface area contributed by atoms with Crippen molar-refractivity contribution in [3.05, 3.63) is 47.4 Å². The third-order valence-corrected chi connectivity index (χ3v) is 4.53. The van der Waals surface area contributed by atoms with Crippen LogP contribution >= 0.6 is 0 Å². The summed E-state index contributed by atoms with van der Waals surface area (Å²) in [6.45, 7) is 1.86. The summed E-state index contributed by atoms with van der Waals surface area (Å²) < 4.78 is 45.5. The van der Waals surface area contributed by atoms with Gasteiger partial charge in [0.15, 0.2) is 5.69 Å². The number of carbonyl (C=O) groups is 1. The van der Waals surface area contributed by atoms with Crippen LogP contribution in [-0.4, -0.2) is 36.6 Å². The van der Waals surface area contributed by atoms with E-state index in [1.54, 1.807) is 11.8 Å². The number of hydrogen-bond donors (Lipinski definition) is 0. The van der Waals surface area contributed by atoms with Gasteiger partial charge in [-0.25, -0.2) is 22.9 Å². The van der Waals surface area contributed by atoms with E-state index in [-0.39, 0.29) is 49.5 Å². The SMILES string of the molecule is CCOC(=O)c1cc(C#N)c(N2CCC(F)(F)CC2)c(-c2ccc(F)cc2)n1. The molecule has 5 nitrogen and oxygen atoms in total. The first-order chi connectivity index (χ1) is 13.3. The minimum atomic E-state index is -2.75. The number of nitriles is 1. The van der Waals surface area contributed by atoms with E-state index >= 15 is 0 Å². The van der Waals surface area contributed by atoms with Crippen LogP contribution in [0.5, 0.6) is 0 Å². The zero-order valence-electron chi connectivity index (χ0n) is 15.2. The van der Waals surface area contributed by atoms with Gasteiger partial charge in [0.1, 0.15) is 11.9 Å². The molecule has 3 rings (SSSR count). The highest BCUT2D eigenvalue weighted by molar-refractivity contribution is 5.91. The number of halogens is 3. The average molecular weight is 389 g/mol. The molecule has 0 N–H and O–H groups in total. The van der Waals surface area contributed by atoms with Crippen molar-refractivity contribution in [3.8, 4) is 17.3 Å². The van der Waals surface area contributed by atoms with Gasteiger partial charge in [-0.3, -0.25) is 0 Å². The maximum atomic E-state index is 13.6. The first-order valence-corrected chi connectivity index (χ1v) is 8.85. The molecule has 1 fully saturated rings. The number of aromatic nitrogens is 1. The highest BCUT2D eigenvalue weighted by Crippen LogP contribution is 2.37. The Hall–Kier alpha value is -3.08. The molecular formula is C20H18F3N3O2. The molecule has 0 atom stereocenters. The fourth-order valence-electron chi connectivity index (χ4n) is 3.12. The minimum absolute atomic E-state index is 0.0380. The van der Waals surface area contributed by atoms with E-state index in [1.165, 1.54) is 30.3 Å². The Morgan fingerprint density at radius 1 is 1.29 bits per heavy atom. The van der Waals surface area contributed by atoms with Crippen molar-refractivity contribution in [1.29, 1.82) is 5.26 Å². The number of esters is 1. The molecule has 8 heteroatoms. The van der Waals surface area contributed by atoms with Crippen LogP contribution in [0.4, 0.5) is 18.9 Å². The molecule has 0 radical (unpaired) electrons. The second-order valence-electron chi connectivity index (χ2n) is 6.43. The highest BCUT2D eigenvalue weighted by atomic mass is 19.3. The van der Waals surface area contributed by atoms with E-state index in [0.717, 1.165) is 0 Å². The topological polar surface area (TPSA) is 66.2 Å². The summed E-state index contributed by atoms with van der Waals surface area (Å²) in [5.74, 6) is -3.90. The zero-order chi connectivity index (χ0) is 20.3. The van der Waals surface area contributed by atoms with E-state index in [1.807, 2.05) is 6.07 Å². The van der Waals surface area contributed by atoms with Gasteiger partial charge in [0, 0.05) is 31.5 Å². The lowest BCUT2D eigenvalue weighted by Crippen LogP contribution is -2.40. The van der Waals surface area contributed by atoms with Crippen molar-refractivity contribution >= 4 is 11.7 Å². The Labute approximate surface area is 160 Å². The number of pyridine rings is 1. The number of ether oxygens (including phenoxy) is 1. The van der Waals surface area contributed by atoms with Crippen LogP contribution in [0.25, 0.3) is 11.3 Å². The van der Waals surface area contributed by atoms with E-state index < -0.39 is 17.7 Å². The van der Waals surface area contributed by atoms with Crippen molar-refractivity contribution in [1.82, 2.24) is 4.98 Å². The smallest absolute Gasteiger partial charge is 0.356 e. The maximum absolute atomic E-state index is 13.6. The lowest BCUT2D eigenvalue weighted by Gasteiger charge is -2.34. The van der Waals surface area contributed by atoms with Crippen LogP contribution in [0.1, 0.15) is 35.8 Å². The first-order valence-electron chi connectivity index (χ1n) is 8.85. The van der Waals surface area contributed by atoms with Gasteiger partial charge in [-0.1, -0.05) is 0 Å². The summed E-state index contributed by atoms with van der Waals surface area (Å²) in [7, 11) is 0. The lowest BCUT2D eigenvalue weighted by molar-refractivity contribution is -0.0220. The standard InChI is InChI=1S/C20H18F3N3O2/c1-2-28-19(27)16-11-14(12-24)18(26-9-7-20(22,23)8-10-26)17(25-16)13-3-5-15(21)6-4-13/h3-6,11H,2,7-10H2,1H3. The largest absolute Gasteiger partial charge is 0.461 e. The molecule has 1 aliphatic rings. The molecule has 1 aliphatic heterocycles. The van der Waals surface area contributed by atoms with Crippen molar-refractivity contribution in [2.24, 2.45) is 0 Å². The number of carbonyl (C=O) groups excluding carboxylic acids is 1. The second kappa shape index (κ2) is 7.89. The molecule has 0 unspecified atom stereocenters. The van der Waals surface area contributed by atoms with Crippen LogP contribution in [0, 0.1) is 17.1 Å². The van der Waals surface area contributed by atoms with Gasteiger partial charge in [0.05, 0.1) is 23.6 Å². The Balaban J connectivity index is 2.14. The Kier molecular flexibility index (Phi) is 5.54.